The summed E-state index contributed by atoms with van der Waals surface area (Å²) in [5.74, 6) is 3.76. The van der Waals surface area contributed by atoms with Crippen molar-refractivity contribution in [2.24, 2.45) is 5.90 Å². The molecule has 1 amide bonds. The zero-order chi connectivity index (χ0) is 13.8. The maximum Gasteiger partial charge on any atom is 0.343 e. The van der Waals surface area contributed by atoms with Gasteiger partial charge in [-0.2, -0.15) is 5.90 Å². The number of aryl methyl sites for hydroxylation is 1. The third-order valence-corrected chi connectivity index (χ3v) is 2.93. The van der Waals surface area contributed by atoms with Gasteiger partial charge in [0.05, 0.1) is 6.42 Å². The second kappa shape index (κ2) is 5.53. The van der Waals surface area contributed by atoms with Gasteiger partial charge in [-0.3, -0.25) is 4.79 Å². The van der Waals surface area contributed by atoms with E-state index in [0.717, 1.165) is 22.2 Å². The second-order valence-electron chi connectivity index (χ2n) is 4.22. The van der Waals surface area contributed by atoms with Crippen LogP contribution in [-0.4, -0.2) is 23.4 Å². The summed E-state index contributed by atoms with van der Waals surface area (Å²) in [5.41, 5.74) is 2.86. The van der Waals surface area contributed by atoms with Crippen molar-refractivity contribution in [2.75, 3.05) is 6.54 Å². The molecule has 1 heterocycles. The van der Waals surface area contributed by atoms with E-state index >= 15 is 0 Å². The number of hydrogen-bond acceptors (Lipinski definition) is 4. The topological polar surface area (TPSA) is 97.2 Å². The minimum absolute atomic E-state index is 0.202. The Kier molecular flexibility index (Phi) is 3.82. The molecule has 0 aliphatic heterocycles. The highest BCUT2D eigenvalue weighted by atomic mass is 16.7. The number of aromatic amines is 1. The molecule has 0 atom stereocenters. The van der Waals surface area contributed by atoms with E-state index < -0.39 is 5.97 Å². The highest BCUT2D eigenvalue weighted by molar-refractivity contribution is 5.91. The zero-order valence-corrected chi connectivity index (χ0v) is 10.5. The molecule has 0 aliphatic rings. The van der Waals surface area contributed by atoms with E-state index in [4.69, 9.17) is 0 Å². The first kappa shape index (κ1) is 13.1. The minimum Gasteiger partial charge on any atom is -0.372 e. The molecule has 1 aromatic heterocycles. The molecular weight excluding hydrogens is 246 g/mol. The average molecular weight is 261 g/mol. The third-order valence-electron chi connectivity index (χ3n) is 2.93. The number of para-hydroxylation sites is 1. The summed E-state index contributed by atoms with van der Waals surface area (Å²) >= 11 is 0. The molecule has 6 heteroatoms. The molecule has 4 N–H and O–H groups in total. The number of rotatable bonds is 4. The lowest BCUT2D eigenvalue weighted by Gasteiger charge is -2.04. The van der Waals surface area contributed by atoms with E-state index in [1.165, 1.54) is 0 Å². The minimum atomic E-state index is -0.677. The predicted octanol–water partition coefficient (Wildman–Crippen LogP) is 0.552. The van der Waals surface area contributed by atoms with Crippen LogP contribution in [0.15, 0.2) is 24.3 Å². The van der Waals surface area contributed by atoms with Crippen LogP contribution in [0.25, 0.3) is 10.9 Å². The molecule has 6 nitrogen and oxygen atoms in total. The van der Waals surface area contributed by atoms with E-state index in [0.29, 0.717) is 0 Å². The van der Waals surface area contributed by atoms with Crippen molar-refractivity contribution in [3.8, 4) is 0 Å². The van der Waals surface area contributed by atoms with Gasteiger partial charge in [0.1, 0.15) is 6.54 Å². The van der Waals surface area contributed by atoms with Gasteiger partial charge in [-0.1, -0.05) is 18.2 Å². The van der Waals surface area contributed by atoms with Crippen LogP contribution in [0.5, 0.6) is 0 Å². The van der Waals surface area contributed by atoms with Crippen LogP contribution in [0.2, 0.25) is 0 Å². The van der Waals surface area contributed by atoms with Crippen molar-refractivity contribution in [3.63, 3.8) is 0 Å². The normalized spacial score (nSPS) is 10.4. The Morgan fingerprint density at radius 2 is 2.11 bits per heavy atom. The van der Waals surface area contributed by atoms with Crippen molar-refractivity contribution in [2.45, 2.75) is 13.3 Å². The highest BCUT2D eigenvalue weighted by Crippen LogP contribution is 2.22. The molecule has 0 aliphatic carbocycles. The maximum atomic E-state index is 11.8. The third kappa shape index (κ3) is 2.92. The number of hydrogen-bond donors (Lipinski definition) is 3. The van der Waals surface area contributed by atoms with Crippen LogP contribution in [-0.2, 0) is 20.8 Å². The molecule has 0 fully saturated rings. The molecule has 2 aromatic rings. The van der Waals surface area contributed by atoms with Gasteiger partial charge in [0, 0.05) is 16.6 Å². The quantitative estimate of drug-likeness (QED) is 0.700. The maximum absolute atomic E-state index is 11.8. The number of H-pyrrole nitrogens is 1. The molecule has 1 aromatic carbocycles. The molecule has 0 spiro atoms. The van der Waals surface area contributed by atoms with Crippen molar-refractivity contribution in [1.29, 1.82) is 0 Å². The van der Waals surface area contributed by atoms with E-state index in [1.807, 2.05) is 31.2 Å². The van der Waals surface area contributed by atoms with Crippen LogP contribution in [0.4, 0.5) is 0 Å². The molecule has 19 heavy (non-hydrogen) atoms. The number of carbonyl (C=O) groups excluding carboxylic acids is 2. The van der Waals surface area contributed by atoms with Gasteiger partial charge >= 0.3 is 5.97 Å². The molecule has 100 valence electrons. The van der Waals surface area contributed by atoms with Gasteiger partial charge in [-0.15, -0.1) is 0 Å². The molecule has 0 saturated heterocycles. The number of nitrogens with one attached hydrogen (secondary N) is 2. The van der Waals surface area contributed by atoms with Crippen LogP contribution >= 0.6 is 0 Å². The monoisotopic (exact) mass is 261 g/mol. The number of carbonyl (C=O) groups is 2. The summed E-state index contributed by atoms with van der Waals surface area (Å²) in [5, 5.41) is 3.47. The lowest BCUT2D eigenvalue weighted by atomic mass is 10.1. The second-order valence-corrected chi connectivity index (χ2v) is 4.22. The molecule has 0 unspecified atom stereocenters. The number of aromatic nitrogens is 1. The van der Waals surface area contributed by atoms with E-state index in [2.05, 4.69) is 21.0 Å². The Morgan fingerprint density at radius 3 is 2.84 bits per heavy atom. The first-order valence-corrected chi connectivity index (χ1v) is 5.84. The number of nitrogens with two attached hydrogens (primary N) is 1. The Morgan fingerprint density at radius 1 is 1.37 bits per heavy atom. The Hall–Kier alpha value is -2.34. The fraction of sp³-hybridized carbons (Fsp3) is 0.231. The van der Waals surface area contributed by atoms with E-state index in [1.54, 1.807) is 0 Å². The molecule has 0 radical (unpaired) electrons. The van der Waals surface area contributed by atoms with Crippen LogP contribution in [0, 0.1) is 6.92 Å². The lowest BCUT2D eigenvalue weighted by Crippen LogP contribution is -2.32. The SMILES string of the molecule is Cc1[nH]c2ccccc2c1CC(=O)NCC(=O)ON. The first-order chi connectivity index (χ1) is 9.11. The van der Waals surface area contributed by atoms with E-state index in [-0.39, 0.29) is 18.9 Å². The molecule has 0 saturated carbocycles. The number of fused-ring (bicyclic) bond motifs is 1. The van der Waals surface area contributed by atoms with Gasteiger partial charge < -0.3 is 15.1 Å². The fourth-order valence-electron chi connectivity index (χ4n) is 2.00. The molecule has 2 rings (SSSR count). The molecular formula is C13H15N3O3. The Labute approximate surface area is 109 Å². The summed E-state index contributed by atoms with van der Waals surface area (Å²) in [6.45, 7) is 1.69. The van der Waals surface area contributed by atoms with Gasteiger partial charge in [-0.25, -0.2) is 4.79 Å². The average Bonchev–Trinajstić information content (AvgIpc) is 2.72. The fourth-order valence-corrected chi connectivity index (χ4v) is 2.00. The van der Waals surface area contributed by atoms with Crippen molar-refractivity contribution in [3.05, 3.63) is 35.5 Å². The summed E-state index contributed by atoms with van der Waals surface area (Å²) < 4.78 is 0. The van der Waals surface area contributed by atoms with Gasteiger partial charge in [0.25, 0.3) is 0 Å². The van der Waals surface area contributed by atoms with Gasteiger partial charge in [0.2, 0.25) is 5.91 Å². The van der Waals surface area contributed by atoms with Crippen molar-refractivity contribution < 1.29 is 14.4 Å². The smallest absolute Gasteiger partial charge is 0.343 e. The number of amides is 1. The summed E-state index contributed by atoms with van der Waals surface area (Å²) in [4.78, 5) is 29.8. The Bertz CT molecular complexity index is 619. The van der Waals surface area contributed by atoms with Crippen molar-refractivity contribution >= 4 is 22.8 Å². The predicted molar refractivity (Wildman–Crippen MR) is 70.0 cm³/mol. The largest absolute Gasteiger partial charge is 0.372 e. The Balaban J connectivity index is 2.10. The summed E-state index contributed by atoms with van der Waals surface area (Å²) in [6, 6.07) is 7.76. The number of benzene rings is 1. The molecule has 0 bridgehead atoms. The first-order valence-electron chi connectivity index (χ1n) is 5.84. The standard InChI is InChI=1S/C13H15N3O3/c1-8-10(6-12(17)15-7-13(18)19-14)9-4-2-3-5-11(9)16-8/h2-5,16H,6-7,14H2,1H3,(H,15,17). The van der Waals surface area contributed by atoms with Gasteiger partial charge in [-0.05, 0) is 18.6 Å². The zero-order valence-electron chi connectivity index (χ0n) is 10.5. The lowest BCUT2D eigenvalue weighted by molar-refractivity contribution is -0.144. The van der Waals surface area contributed by atoms with Crippen LogP contribution < -0.4 is 11.2 Å². The summed E-state index contributed by atoms with van der Waals surface area (Å²) in [7, 11) is 0. The van der Waals surface area contributed by atoms with E-state index in [9.17, 15) is 9.59 Å². The van der Waals surface area contributed by atoms with Crippen molar-refractivity contribution in [1.82, 2.24) is 10.3 Å². The van der Waals surface area contributed by atoms with Gasteiger partial charge in [0.15, 0.2) is 0 Å². The van der Waals surface area contributed by atoms with Crippen LogP contribution in [0.3, 0.4) is 0 Å². The van der Waals surface area contributed by atoms with Crippen LogP contribution in [0.1, 0.15) is 11.3 Å². The summed E-state index contributed by atoms with van der Waals surface area (Å²) in [6.07, 6.45) is 0.202. The highest BCUT2D eigenvalue weighted by Gasteiger charge is 2.12.